The summed E-state index contributed by atoms with van der Waals surface area (Å²) in [4.78, 5) is 25.2. The Morgan fingerprint density at radius 1 is 0.661 bits per heavy atom. The fourth-order valence-corrected chi connectivity index (χ4v) is 6.43. The Morgan fingerprint density at radius 3 is 1.66 bits per heavy atom. The molecule has 322 valence electrons. The van der Waals surface area contributed by atoms with Gasteiger partial charge in [0.15, 0.2) is 0 Å². The first-order valence-electron chi connectivity index (χ1n) is 21.9. The highest BCUT2D eigenvalue weighted by Crippen LogP contribution is 2.38. The molecule has 0 aromatic carbocycles. The van der Waals surface area contributed by atoms with Crippen molar-refractivity contribution in [1.82, 2.24) is 5.32 Å². The summed E-state index contributed by atoms with van der Waals surface area (Å²) in [6, 6.07) is -0.912. The van der Waals surface area contributed by atoms with Crippen LogP contribution in [0.25, 0.3) is 0 Å². The molecule has 0 radical (unpaired) electrons. The van der Waals surface area contributed by atoms with Crippen LogP contribution < -0.4 is 10.2 Å². The van der Waals surface area contributed by atoms with Crippen LogP contribution in [0.4, 0.5) is 0 Å². The van der Waals surface area contributed by atoms with E-state index in [1.165, 1.54) is 64.2 Å². The molecule has 0 aliphatic carbocycles. The minimum atomic E-state index is -4.60. The molecule has 0 spiro atoms. The van der Waals surface area contributed by atoms with Gasteiger partial charge in [0.25, 0.3) is 7.82 Å². The van der Waals surface area contributed by atoms with E-state index in [2.05, 4.69) is 79.1 Å². The Balaban J connectivity index is 4.23. The predicted molar refractivity (Wildman–Crippen MR) is 237 cm³/mol. The Bertz CT molecular complexity index is 1180. The third kappa shape index (κ3) is 39.9. The molecular formula is C47H83N2O6P. The molecule has 2 N–H and O–H groups in total. The molecule has 0 saturated heterocycles. The lowest BCUT2D eigenvalue weighted by atomic mass is 10.0. The van der Waals surface area contributed by atoms with Gasteiger partial charge in [0.2, 0.25) is 5.91 Å². The summed E-state index contributed by atoms with van der Waals surface area (Å²) in [5, 5.41) is 13.7. The number of quaternary nitrogens is 1. The number of likely N-dealkylation sites (N-methyl/N-ethyl adjacent to an activating group) is 1. The van der Waals surface area contributed by atoms with Crippen LogP contribution in [0.5, 0.6) is 0 Å². The number of phosphoric acid groups is 1. The van der Waals surface area contributed by atoms with Crippen LogP contribution >= 0.6 is 7.82 Å². The Labute approximate surface area is 344 Å². The van der Waals surface area contributed by atoms with Gasteiger partial charge in [-0.05, 0) is 77.6 Å². The number of rotatable bonds is 38. The molecule has 9 heteroatoms. The molecule has 0 aromatic rings. The fourth-order valence-electron chi connectivity index (χ4n) is 5.71. The van der Waals surface area contributed by atoms with Crippen molar-refractivity contribution in [1.29, 1.82) is 0 Å². The Hall–Kier alpha value is -2.32. The lowest BCUT2D eigenvalue weighted by Crippen LogP contribution is -2.45. The molecule has 0 heterocycles. The maximum atomic E-state index is 12.8. The number of aliphatic hydroxyl groups excluding tert-OH is 1. The van der Waals surface area contributed by atoms with E-state index >= 15 is 0 Å². The van der Waals surface area contributed by atoms with Crippen LogP contribution in [0.15, 0.2) is 85.1 Å². The molecule has 0 fully saturated rings. The maximum absolute atomic E-state index is 12.8. The predicted octanol–water partition coefficient (Wildman–Crippen LogP) is 11.6. The summed E-state index contributed by atoms with van der Waals surface area (Å²) in [7, 11) is 1.22. The van der Waals surface area contributed by atoms with Gasteiger partial charge >= 0.3 is 0 Å². The first-order valence-corrected chi connectivity index (χ1v) is 23.4. The van der Waals surface area contributed by atoms with Crippen molar-refractivity contribution in [2.75, 3.05) is 40.9 Å². The van der Waals surface area contributed by atoms with Crippen molar-refractivity contribution in [2.45, 2.75) is 167 Å². The zero-order valence-corrected chi connectivity index (χ0v) is 37.2. The molecule has 0 saturated carbocycles. The normalized spacial score (nSPS) is 15.2. The zero-order valence-electron chi connectivity index (χ0n) is 36.3. The first kappa shape index (κ1) is 53.7. The van der Waals surface area contributed by atoms with E-state index in [0.29, 0.717) is 17.4 Å². The summed E-state index contributed by atoms with van der Waals surface area (Å²) < 4.78 is 23.1. The van der Waals surface area contributed by atoms with Crippen LogP contribution in [0.3, 0.4) is 0 Å². The number of phosphoric ester groups is 1. The molecule has 0 rings (SSSR count). The number of hydrogen-bond acceptors (Lipinski definition) is 6. The summed E-state index contributed by atoms with van der Waals surface area (Å²) in [6.07, 6.45) is 52.4. The molecule has 56 heavy (non-hydrogen) atoms. The van der Waals surface area contributed by atoms with E-state index in [1.807, 2.05) is 40.2 Å². The summed E-state index contributed by atoms with van der Waals surface area (Å²) in [5.41, 5.74) is 0. The Kier molecular flexibility index (Phi) is 36.6. The van der Waals surface area contributed by atoms with E-state index in [4.69, 9.17) is 9.05 Å². The fraction of sp³-hybridized carbons (Fsp3) is 0.681. The van der Waals surface area contributed by atoms with E-state index in [-0.39, 0.29) is 12.5 Å². The molecule has 0 aromatic heterocycles. The highest BCUT2D eigenvalue weighted by atomic mass is 31.2. The maximum Gasteiger partial charge on any atom is 0.268 e. The Morgan fingerprint density at radius 2 is 1.12 bits per heavy atom. The lowest BCUT2D eigenvalue weighted by molar-refractivity contribution is -0.870. The summed E-state index contributed by atoms with van der Waals surface area (Å²) >= 11 is 0. The number of carbonyl (C=O) groups excluding carboxylic acids is 1. The van der Waals surface area contributed by atoms with Crippen LogP contribution in [-0.2, 0) is 18.4 Å². The molecule has 3 unspecified atom stereocenters. The van der Waals surface area contributed by atoms with Gasteiger partial charge in [0.1, 0.15) is 13.2 Å². The van der Waals surface area contributed by atoms with Crippen molar-refractivity contribution in [3.8, 4) is 0 Å². The number of nitrogens with one attached hydrogen (secondary N) is 1. The summed E-state index contributed by atoms with van der Waals surface area (Å²) in [5.74, 6) is -0.222. The minimum Gasteiger partial charge on any atom is -0.756 e. The van der Waals surface area contributed by atoms with E-state index < -0.39 is 26.6 Å². The van der Waals surface area contributed by atoms with Gasteiger partial charge in [-0.25, -0.2) is 0 Å². The summed E-state index contributed by atoms with van der Waals surface area (Å²) in [6.45, 7) is 4.24. The zero-order chi connectivity index (χ0) is 41.4. The van der Waals surface area contributed by atoms with Crippen LogP contribution in [0, 0.1) is 0 Å². The number of amides is 1. The topological polar surface area (TPSA) is 108 Å². The molecule has 1 amide bonds. The van der Waals surface area contributed by atoms with Crippen molar-refractivity contribution in [2.24, 2.45) is 0 Å². The number of unbranched alkanes of at least 4 members (excludes halogenated alkanes) is 14. The second kappa shape index (κ2) is 38.2. The second-order valence-electron chi connectivity index (χ2n) is 15.7. The van der Waals surface area contributed by atoms with Crippen molar-refractivity contribution in [3.05, 3.63) is 85.1 Å². The van der Waals surface area contributed by atoms with E-state index in [1.54, 1.807) is 6.08 Å². The third-order valence-electron chi connectivity index (χ3n) is 9.16. The van der Waals surface area contributed by atoms with Gasteiger partial charge in [-0.3, -0.25) is 9.36 Å². The van der Waals surface area contributed by atoms with Gasteiger partial charge in [-0.1, -0.05) is 156 Å². The SMILES string of the molecule is C/C=C/CC/C=C/CC/C=C/C(O)C(COP(=O)([O-])OCC[N+](C)(C)C)NC(=O)CCCCCCCCCCCCCC/C=C\C/C=C\C/C=C\C/C=C\CC. The highest BCUT2D eigenvalue weighted by Gasteiger charge is 2.23. The van der Waals surface area contributed by atoms with Gasteiger partial charge in [-0.2, -0.15) is 0 Å². The van der Waals surface area contributed by atoms with Gasteiger partial charge in [-0.15, -0.1) is 0 Å². The first-order chi connectivity index (χ1) is 27.0. The van der Waals surface area contributed by atoms with Crippen LogP contribution in [-0.4, -0.2) is 68.5 Å². The van der Waals surface area contributed by atoms with Crippen molar-refractivity contribution in [3.63, 3.8) is 0 Å². The number of aliphatic hydroxyl groups is 1. The molecule has 8 nitrogen and oxygen atoms in total. The smallest absolute Gasteiger partial charge is 0.268 e. The molecule has 0 bridgehead atoms. The van der Waals surface area contributed by atoms with Gasteiger partial charge in [0.05, 0.1) is 39.9 Å². The van der Waals surface area contributed by atoms with Crippen LogP contribution in [0.2, 0.25) is 0 Å². The quantitative estimate of drug-likeness (QED) is 0.0279. The number of nitrogens with zero attached hydrogens (tertiary/aromatic N) is 1. The second-order valence-corrected chi connectivity index (χ2v) is 17.1. The highest BCUT2D eigenvalue weighted by molar-refractivity contribution is 7.45. The average Bonchev–Trinajstić information content (AvgIpc) is 3.15. The van der Waals surface area contributed by atoms with Crippen molar-refractivity contribution >= 4 is 13.7 Å². The van der Waals surface area contributed by atoms with Crippen LogP contribution in [0.1, 0.15) is 155 Å². The lowest BCUT2D eigenvalue weighted by Gasteiger charge is -2.29. The minimum absolute atomic E-state index is 0.0137. The van der Waals surface area contributed by atoms with Gasteiger partial charge < -0.3 is 28.8 Å². The number of hydrogen-bond donors (Lipinski definition) is 2. The average molecular weight is 803 g/mol. The monoisotopic (exact) mass is 803 g/mol. The molecule has 0 aliphatic rings. The molecule has 0 aliphatic heterocycles. The van der Waals surface area contributed by atoms with Crippen molar-refractivity contribution < 1.29 is 32.9 Å². The number of carbonyl (C=O) groups is 1. The van der Waals surface area contributed by atoms with E-state index in [0.717, 1.165) is 70.6 Å². The van der Waals surface area contributed by atoms with E-state index in [9.17, 15) is 19.4 Å². The largest absolute Gasteiger partial charge is 0.756 e. The standard InChI is InChI=1S/C47H83N2O6P/c1-6-8-10-12-14-16-17-18-19-20-21-22-23-24-25-26-27-28-29-30-31-33-35-37-39-41-47(51)48-45(44-55-56(52,53)54-43-42-49(3,4)5)46(50)40-38-36-34-32-15-13-11-9-7-2/h7-10,14-16,18-19,21-22,32,38,40,45-46,50H,6,11-13,17,20,23-31,33-37,39,41-44H2,1-5H3,(H-,48,51,52,53)/b9-7+,10-8-,16-14-,19-18-,22-21-,32-15+,40-38+. The third-order valence-corrected chi connectivity index (χ3v) is 10.1. The molecular weight excluding hydrogens is 719 g/mol. The number of allylic oxidation sites excluding steroid dienone is 13. The molecule has 3 atom stereocenters. The van der Waals surface area contributed by atoms with Gasteiger partial charge in [0, 0.05) is 6.42 Å².